The highest BCUT2D eigenvalue weighted by Crippen LogP contribution is 2.23. The number of benzene rings is 2. The maximum Gasteiger partial charge on any atom is 0.272 e. The van der Waals surface area contributed by atoms with Gasteiger partial charge in [0.05, 0.1) is 6.42 Å². The smallest absolute Gasteiger partial charge is 0.272 e. The van der Waals surface area contributed by atoms with E-state index in [1.54, 1.807) is 13.1 Å². The van der Waals surface area contributed by atoms with E-state index < -0.39 is 0 Å². The van der Waals surface area contributed by atoms with Gasteiger partial charge in [-0.25, -0.2) is 0 Å². The SMILES string of the molecule is CNC(=O)Cc1ccccc1NC(=O)c1cc2c(C)cc(C)cc2[nH]1. The van der Waals surface area contributed by atoms with E-state index in [2.05, 4.69) is 21.7 Å². The first kappa shape index (κ1) is 16.8. The third kappa shape index (κ3) is 3.55. The van der Waals surface area contributed by atoms with E-state index in [1.807, 2.05) is 44.2 Å². The zero-order chi connectivity index (χ0) is 18.0. The molecule has 128 valence electrons. The Morgan fingerprint density at radius 2 is 1.84 bits per heavy atom. The van der Waals surface area contributed by atoms with Gasteiger partial charge in [-0.15, -0.1) is 0 Å². The molecule has 0 spiro atoms. The van der Waals surface area contributed by atoms with Gasteiger partial charge in [-0.2, -0.15) is 0 Å². The molecule has 2 aromatic carbocycles. The van der Waals surface area contributed by atoms with Gasteiger partial charge in [0, 0.05) is 23.6 Å². The number of H-pyrrole nitrogens is 1. The number of fused-ring (bicyclic) bond motifs is 1. The number of hydrogen-bond acceptors (Lipinski definition) is 2. The summed E-state index contributed by atoms with van der Waals surface area (Å²) >= 11 is 0. The Morgan fingerprint density at radius 3 is 2.60 bits per heavy atom. The summed E-state index contributed by atoms with van der Waals surface area (Å²) in [6.07, 6.45) is 0.220. The van der Waals surface area contributed by atoms with Gasteiger partial charge in [0.2, 0.25) is 5.91 Å². The van der Waals surface area contributed by atoms with Crippen molar-refractivity contribution in [1.82, 2.24) is 10.3 Å². The van der Waals surface area contributed by atoms with Crippen LogP contribution < -0.4 is 10.6 Å². The lowest BCUT2D eigenvalue weighted by atomic mass is 10.1. The number of carbonyl (C=O) groups is 2. The van der Waals surface area contributed by atoms with E-state index in [9.17, 15) is 9.59 Å². The molecule has 0 saturated heterocycles. The minimum atomic E-state index is -0.224. The third-order valence-electron chi connectivity index (χ3n) is 4.23. The predicted octanol–water partition coefficient (Wildman–Crippen LogP) is 3.33. The summed E-state index contributed by atoms with van der Waals surface area (Å²) in [5.74, 6) is -0.323. The topological polar surface area (TPSA) is 74.0 Å². The number of carbonyl (C=O) groups excluding carboxylic acids is 2. The van der Waals surface area contributed by atoms with Crippen LogP contribution in [0.2, 0.25) is 0 Å². The molecular weight excluding hydrogens is 314 g/mol. The fourth-order valence-electron chi connectivity index (χ4n) is 2.97. The zero-order valence-electron chi connectivity index (χ0n) is 14.6. The second-order valence-corrected chi connectivity index (χ2v) is 6.19. The van der Waals surface area contributed by atoms with Crippen LogP contribution in [-0.2, 0) is 11.2 Å². The van der Waals surface area contributed by atoms with Crippen molar-refractivity contribution >= 4 is 28.4 Å². The number of aromatic nitrogens is 1. The van der Waals surface area contributed by atoms with Crippen molar-refractivity contribution in [3.05, 3.63) is 64.8 Å². The summed E-state index contributed by atoms with van der Waals surface area (Å²) in [5, 5.41) is 6.53. The first-order chi connectivity index (χ1) is 12.0. The Labute approximate surface area is 146 Å². The van der Waals surface area contributed by atoms with Gasteiger partial charge >= 0.3 is 0 Å². The van der Waals surface area contributed by atoms with Crippen molar-refractivity contribution < 1.29 is 9.59 Å². The van der Waals surface area contributed by atoms with Crippen LogP contribution in [0.3, 0.4) is 0 Å². The van der Waals surface area contributed by atoms with E-state index in [1.165, 1.54) is 0 Å². The largest absolute Gasteiger partial charge is 0.359 e. The molecular formula is C20H21N3O2. The Hall–Kier alpha value is -3.08. The molecule has 0 aliphatic rings. The van der Waals surface area contributed by atoms with Crippen LogP contribution in [0.1, 0.15) is 27.2 Å². The molecule has 3 N–H and O–H groups in total. The molecule has 2 amide bonds. The molecule has 5 nitrogen and oxygen atoms in total. The molecule has 0 saturated carbocycles. The molecule has 0 atom stereocenters. The number of aryl methyl sites for hydroxylation is 2. The standard InChI is InChI=1S/C20H21N3O2/c1-12-8-13(2)15-11-18(22-17(15)9-12)20(25)23-16-7-5-4-6-14(16)10-19(24)21-3/h4-9,11,22H,10H2,1-3H3,(H,21,24)(H,23,25). The average Bonchev–Trinajstić information content (AvgIpc) is 3.01. The summed E-state index contributed by atoms with van der Waals surface area (Å²) in [6.45, 7) is 4.06. The molecule has 0 bridgehead atoms. The van der Waals surface area contributed by atoms with Gasteiger partial charge < -0.3 is 15.6 Å². The average molecular weight is 335 g/mol. The van der Waals surface area contributed by atoms with Crippen LogP contribution in [0.15, 0.2) is 42.5 Å². The van der Waals surface area contributed by atoms with Gasteiger partial charge in [0.1, 0.15) is 5.69 Å². The van der Waals surface area contributed by atoms with Crippen LogP contribution in [0, 0.1) is 13.8 Å². The lowest BCUT2D eigenvalue weighted by Gasteiger charge is -2.10. The number of aromatic amines is 1. The Balaban J connectivity index is 1.88. The first-order valence-corrected chi connectivity index (χ1v) is 8.17. The lowest BCUT2D eigenvalue weighted by Crippen LogP contribution is -2.21. The van der Waals surface area contributed by atoms with Crippen molar-refractivity contribution in [2.75, 3.05) is 12.4 Å². The zero-order valence-corrected chi connectivity index (χ0v) is 14.6. The molecule has 0 radical (unpaired) electrons. The normalized spacial score (nSPS) is 10.7. The van der Waals surface area contributed by atoms with Crippen molar-refractivity contribution in [1.29, 1.82) is 0 Å². The number of para-hydroxylation sites is 1. The number of hydrogen-bond donors (Lipinski definition) is 3. The Morgan fingerprint density at radius 1 is 1.08 bits per heavy atom. The van der Waals surface area contributed by atoms with Gasteiger partial charge in [-0.05, 0) is 48.7 Å². The van der Waals surface area contributed by atoms with E-state index in [-0.39, 0.29) is 18.2 Å². The second-order valence-electron chi connectivity index (χ2n) is 6.19. The summed E-state index contributed by atoms with van der Waals surface area (Å²) in [7, 11) is 1.60. The van der Waals surface area contributed by atoms with E-state index in [4.69, 9.17) is 0 Å². The van der Waals surface area contributed by atoms with Crippen LogP contribution in [0.25, 0.3) is 10.9 Å². The predicted molar refractivity (Wildman–Crippen MR) is 99.9 cm³/mol. The second kappa shape index (κ2) is 6.81. The highest BCUT2D eigenvalue weighted by molar-refractivity contribution is 6.06. The van der Waals surface area contributed by atoms with E-state index >= 15 is 0 Å². The van der Waals surface area contributed by atoms with E-state index in [0.717, 1.165) is 27.6 Å². The molecule has 3 rings (SSSR count). The lowest BCUT2D eigenvalue weighted by molar-refractivity contribution is -0.119. The maximum absolute atomic E-state index is 12.6. The van der Waals surface area contributed by atoms with Crippen molar-refractivity contribution in [3.8, 4) is 0 Å². The molecule has 0 fully saturated rings. The first-order valence-electron chi connectivity index (χ1n) is 8.17. The molecule has 1 aromatic heterocycles. The highest BCUT2D eigenvalue weighted by atomic mass is 16.2. The van der Waals surface area contributed by atoms with Gasteiger partial charge in [0.25, 0.3) is 5.91 Å². The fraction of sp³-hybridized carbons (Fsp3) is 0.200. The molecule has 0 aliphatic carbocycles. The maximum atomic E-state index is 12.6. The Bertz CT molecular complexity index is 957. The van der Waals surface area contributed by atoms with Crippen LogP contribution in [-0.4, -0.2) is 23.8 Å². The monoisotopic (exact) mass is 335 g/mol. The van der Waals surface area contributed by atoms with E-state index in [0.29, 0.717) is 11.4 Å². The summed E-state index contributed by atoms with van der Waals surface area (Å²) in [6, 6.07) is 13.3. The molecule has 3 aromatic rings. The quantitative estimate of drug-likeness (QED) is 0.684. The fourth-order valence-corrected chi connectivity index (χ4v) is 2.97. The molecule has 0 aliphatic heterocycles. The number of rotatable bonds is 4. The van der Waals surface area contributed by atoms with Crippen LogP contribution in [0.4, 0.5) is 5.69 Å². The van der Waals surface area contributed by atoms with Crippen molar-refractivity contribution in [2.24, 2.45) is 0 Å². The minimum Gasteiger partial charge on any atom is -0.359 e. The minimum absolute atomic E-state index is 0.0987. The van der Waals surface area contributed by atoms with Crippen molar-refractivity contribution in [3.63, 3.8) is 0 Å². The van der Waals surface area contributed by atoms with Crippen molar-refractivity contribution in [2.45, 2.75) is 20.3 Å². The van der Waals surface area contributed by atoms with Crippen LogP contribution >= 0.6 is 0 Å². The molecule has 0 unspecified atom stereocenters. The summed E-state index contributed by atoms with van der Waals surface area (Å²) < 4.78 is 0. The molecule has 1 heterocycles. The summed E-state index contributed by atoms with van der Waals surface area (Å²) in [5.41, 5.74) is 5.14. The summed E-state index contributed by atoms with van der Waals surface area (Å²) in [4.78, 5) is 27.5. The molecule has 5 heteroatoms. The van der Waals surface area contributed by atoms with Crippen LogP contribution in [0.5, 0.6) is 0 Å². The number of amides is 2. The third-order valence-corrected chi connectivity index (χ3v) is 4.23. The highest BCUT2D eigenvalue weighted by Gasteiger charge is 2.14. The number of likely N-dealkylation sites (N-methyl/N-ethyl adjacent to an activating group) is 1. The Kier molecular flexibility index (Phi) is 4.57. The van der Waals surface area contributed by atoms with Gasteiger partial charge in [0.15, 0.2) is 0 Å². The van der Waals surface area contributed by atoms with Gasteiger partial charge in [-0.1, -0.05) is 24.3 Å². The molecule has 25 heavy (non-hydrogen) atoms. The van der Waals surface area contributed by atoms with Gasteiger partial charge in [-0.3, -0.25) is 9.59 Å². The number of anilines is 1. The number of nitrogens with one attached hydrogen (secondary N) is 3.